The molecule has 2 aromatic heterocycles. The molecule has 1 saturated heterocycles. The summed E-state index contributed by atoms with van der Waals surface area (Å²) in [4.78, 5) is 11.3. The van der Waals surface area contributed by atoms with Gasteiger partial charge in [0.1, 0.15) is 0 Å². The van der Waals surface area contributed by atoms with Gasteiger partial charge in [0.25, 0.3) is 0 Å². The Morgan fingerprint density at radius 3 is 2.70 bits per heavy atom. The van der Waals surface area contributed by atoms with Gasteiger partial charge in [-0.25, -0.2) is 4.99 Å². The average Bonchev–Trinajstić information content (AvgIpc) is 3.32. The minimum atomic E-state index is 0. The second-order valence-corrected chi connectivity index (χ2v) is 8.62. The van der Waals surface area contributed by atoms with E-state index in [0.29, 0.717) is 12.6 Å². The van der Waals surface area contributed by atoms with Crippen molar-refractivity contribution in [2.75, 3.05) is 39.4 Å². The number of guanidine groups is 1. The number of rotatable bonds is 7. The fourth-order valence-electron chi connectivity index (χ4n) is 3.03. The second kappa shape index (κ2) is 12.0. The van der Waals surface area contributed by atoms with E-state index < -0.39 is 0 Å². The third kappa shape index (κ3) is 7.01. The summed E-state index contributed by atoms with van der Waals surface area (Å²) in [7, 11) is 0. The molecule has 0 amide bonds. The van der Waals surface area contributed by atoms with Crippen LogP contribution in [0, 0.1) is 6.92 Å². The van der Waals surface area contributed by atoms with Crippen LogP contribution in [-0.4, -0.2) is 50.3 Å². The zero-order valence-electron chi connectivity index (χ0n) is 15.9. The van der Waals surface area contributed by atoms with Crippen molar-refractivity contribution in [2.24, 2.45) is 4.99 Å². The fourth-order valence-corrected chi connectivity index (χ4v) is 4.67. The molecule has 1 aliphatic rings. The number of aliphatic imine (C=N–C) groups is 1. The molecule has 5 nitrogen and oxygen atoms in total. The van der Waals surface area contributed by atoms with Crippen molar-refractivity contribution < 1.29 is 4.74 Å². The van der Waals surface area contributed by atoms with Gasteiger partial charge in [0.15, 0.2) is 5.96 Å². The van der Waals surface area contributed by atoms with E-state index in [9.17, 15) is 0 Å². The highest BCUT2D eigenvalue weighted by molar-refractivity contribution is 14.0. The summed E-state index contributed by atoms with van der Waals surface area (Å²) in [6, 6.07) is 9.02. The van der Waals surface area contributed by atoms with Gasteiger partial charge in [0, 0.05) is 40.8 Å². The lowest BCUT2D eigenvalue weighted by atomic mass is 10.2. The van der Waals surface area contributed by atoms with Crippen LogP contribution in [0.2, 0.25) is 0 Å². The van der Waals surface area contributed by atoms with Crippen LogP contribution in [0.1, 0.15) is 27.6 Å². The number of ether oxygens (including phenoxy) is 1. The Hall–Kier alpha value is -0.680. The van der Waals surface area contributed by atoms with Crippen molar-refractivity contribution in [1.82, 2.24) is 15.5 Å². The molecule has 1 fully saturated rings. The normalized spacial score (nSPS) is 16.6. The van der Waals surface area contributed by atoms with E-state index in [1.807, 2.05) is 11.3 Å². The van der Waals surface area contributed by atoms with Crippen molar-refractivity contribution >= 4 is 52.6 Å². The number of nitrogens with zero attached hydrogens (tertiary/aromatic N) is 2. The van der Waals surface area contributed by atoms with Crippen LogP contribution < -0.4 is 10.6 Å². The summed E-state index contributed by atoms with van der Waals surface area (Å²) in [6.07, 6.45) is 0. The van der Waals surface area contributed by atoms with Gasteiger partial charge in [-0.3, -0.25) is 4.90 Å². The van der Waals surface area contributed by atoms with Gasteiger partial charge in [0.05, 0.1) is 25.8 Å². The Kier molecular flexibility index (Phi) is 10.1. The third-order valence-corrected chi connectivity index (χ3v) is 6.32. The lowest BCUT2D eigenvalue weighted by Gasteiger charge is -2.34. The molecule has 1 unspecified atom stereocenters. The summed E-state index contributed by atoms with van der Waals surface area (Å²) in [5.41, 5.74) is 0. The molecule has 150 valence electrons. The van der Waals surface area contributed by atoms with E-state index in [1.54, 1.807) is 11.3 Å². The smallest absolute Gasteiger partial charge is 0.191 e. The maximum Gasteiger partial charge on any atom is 0.191 e. The van der Waals surface area contributed by atoms with Gasteiger partial charge in [-0.2, -0.15) is 0 Å². The maximum absolute atomic E-state index is 5.54. The first-order chi connectivity index (χ1) is 12.8. The van der Waals surface area contributed by atoms with Crippen molar-refractivity contribution in [3.05, 3.63) is 44.3 Å². The number of thiophene rings is 2. The van der Waals surface area contributed by atoms with E-state index >= 15 is 0 Å². The molecule has 0 spiro atoms. The van der Waals surface area contributed by atoms with Gasteiger partial charge >= 0.3 is 0 Å². The molecule has 1 aliphatic heterocycles. The molecule has 2 aromatic rings. The number of aryl methyl sites for hydroxylation is 1. The molecule has 8 heteroatoms. The van der Waals surface area contributed by atoms with E-state index in [-0.39, 0.29) is 24.0 Å². The summed E-state index contributed by atoms with van der Waals surface area (Å²) in [6.45, 7) is 10.3. The third-order valence-electron chi connectivity index (χ3n) is 4.36. The van der Waals surface area contributed by atoms with Crippen LogP contribution in [0.3, 0.4) is 0 Å². The van der Waals surface area contributed by atoms with Crippen LogP contribution in [0.5, 0.6) is 0 Å². The highest BCUT2D eigenvalue weighted by Crippen LogP contribution is 2.27. The maximum atomic E-state index is 5.54. The van der Waals surface area contributed by atoms with E-state index in [4.69, 9.17) is 9.73 Å². The average molecular weight is 521 g/mol. The number of morpholine rings is 1. The molecule has 2 N–H and O–H groups in total. The molecule has 0 saturated carbocycles. The molecule has 3 rings (SSSR count). The molecule has 3 heterocycles. The zero-order valence-corrected chi connectivity index (χ0v) is 19.9. The SMILES string of the molecule is CCNC(=NCc1cccs1)NCC(c1ccc(C)s1)N1CCOCC1.I. The van der Waals surface area contributed by atoms with Crippen LogP contribution in [-0.2, 0) is 11.3 Å². The minimum absolute atomic E-state index is 0. The molecular weight excluding hydrogens is 491 g/mol. The highest BCUT2D eigenvalue weighted by atomic mass is 127. The zero-order chi connectivity index (χ0) is 18.2. The summed E-state index contributed by atoms with van der Waals surface area (Å²) < 4.78 is 5.54. The Morgan fingerprint density at radius 2 is 2.07 bits per heavy atom. The Bertz CT molecular complexity index is 684. The van der Waals surface area contributed by atoms with Crippen molar-refractivity contribution in [2.45, 2.75) is 26.4 Å². The largest absolute Gasteiger partial charge is 0.379 e. The first kappa shape index (κ1) is 22.6. The summed E-state index contributed by atoms with van der Waals surface area (Å²) >= 11 is 3.63. The van der Waals surface area contributed by atoms with Gasteiger partial charge in [-0.15, -0.1) is 46.7 Å². The van der Waals surface area contributed by atoms with Crippen LogP contribution in [0.25, 0.3) is 0 Å². The molecule has 1 atom stereocenters. The van der Waals surface area contributed by atoms with Crippen molar-refractivity contribution in [1.29, 1.82) is 0 Å². The monoisotopic (exact) mass is 520 g/mol. The lowest BCUT2D eigenvalue weighted by Crippen LogP contribution is -2.46. The van der Waals surface area contributed by atoms with Crippen molar-refractivity contribution in [3.63, 3.8) is 0 Å². The van der Waals surface area contributed by atoms with Gasteiger partial charge in [0.2, 0.25) is 0 Å². The highest BCUT2D eigenvalue weighted by Gasteiger charge is 2.24. The molecule has 0 aliphatic carbocycles. The number of hydrogen-bond donors (Lipinski definition) is 2. The summed E-state index contributed by atoms with van der Waals surface area (Å²) in [5.74, 6) is 0.882. The fraction of sp³-hybridized carbons (Fsp3) is 0.526. The van der Waals surface area contributed by atoms with Gasteiger partial charge in [-0.05, 0) is 37.4 Å². The van der Waals surface area contributed by atoms with E-state index in [0.717, 1.165) is 45.4 Å². The molecule has 0 radical (unpaired) electrons. The van der Waals surface area contributed by atoms with Gasteiger partial charge < -0.3 is 15.4 Å². The molecular formula is C19H29IN4OS2. The van der Waals surface area contributed by atoms with Gasteiger partial charge in [-0.1, -0.05) is 6.07 Å². The van der Waals surface area contributed by atoms with Crippen LogP contribution in [0.15, 0.2) is 34.6 Å². The number of halogens is 1. The first-order valence-corrected chi connectivity index (χ1v) is 10.9. The van der Waals surface area contributed by atoms with Crippen LogP contribution >= 0.6 is 46.7 Å². The Labute approximate surface area is 187 Å². The quantitative estimate of drug-likeness (QED) is 0.331. The van der Waals surface area contributed by atoms with E-state index in [2.05, 4.69) is 59.0 Å². The topological polar surface area (TPSA) is 48.9 Å². The number of hydrogen-bond acceptors (Lipinski definition) is 5. The van der Waals surface area contributed by atoms with E-state index in [1.165, 1.54) is 14.6 Å². The molecule has 0 bridgehead atoms. The predicted octanol–water partition coefficient (Wildman–Crippen LogP) is 3.86. The standard InChI is InChI=1S/C19H28N4OS2.HI/c1-3-20-19(21-13-16-5-4-12-25-16)22-14-17(18-7-6-15(2)26-18)23-8-10-24-11-9-23;/h4-7,12,17H,3,8-11,13-14H2,1-2H3,(H2,20,21,22);1H. The summed E-state index contributed by atoms with van der Waals surface area (Å²) in [5, 5.41) is 9.02. The molecule has 27 heavy (non-hydrogen) atoms. The lowest BCUT2D eigenvalue weighted by molar-refractivity contribution is 0.0177. The Balaban J connectivity index is 0.00000261. The second-order valence-electron chi connectivity index (χ2n) is 6.27. The van der Waals surface area contributed by atoms with Crippen LogP contribution in [0.4, 0.5) is 0 Å². The predicted molar refractivity (Wildman–Crippen MR) is 127 cm³/mol. The van der Waals surface area contributed by atoms with Crippen molar-refractivity contribution in [3.8, 4) is 0 Å². The number of nitrogens with one attached hydrogen (secondary N) is 2. The Morgan fingerprint density at radius 1 is 1.26 bits per heavy atom. The minimum Gasteiger partial charge on any atom is -0.379 e. The first-order valence-electron chi connectivity index (χ1n) is 9.19. The molecule has 0 aromatic carbocycles.